The van der Waals surface area contributed by atoms with Crippen molar-refractivity contribution in [2.24, 2.45) is 0 Å². The zero-order valence-electron chi connectivity index (χ0n) is 12.0. The topological polar surface area (TPSA) is 93.3 Å². The number of carbonyl (C=O) groups is 2. The molecule has 0 radical (unpaired) electrons. The van der Waals surface area contributed by atoms with Gasteiger partial charge in [0.1, 0.15) is 0 Å². The van der Waals surface area contributed by atoms with E-state index in [1.54, 1.807) is 24.3 Å². The Morgan fingerprint density at radius 1 is 1.32 bits per heavy atom. The molecule has 0 saturated carbocycles. The van der Waals surface area contributed by atoms with E-state index in [1.165, 1.54) is 7.11 Å². The Hall–Kier alpha value is -2.67. The monoisotopic (exact) mass is 301 g/mol. The lowest BCUT2D eigenvalue weighted by atomic mass is 10.1. The Labute approximate surface area is 126 Å². The molecule has 0 bridgehead atoms. The van der Waals surface area contributed by atoms with E-state index in [4.69, 9.17) is 4.74 Å². The lowest BCUT2D eigenvalue weighted by molar-refractivity contribution is 0.0600. The van der Waals surface area contributed by atoms with Gasteiger partial charge in [-0.05, 0) is 24.3 Å². The first-order valence-corrected chi connectivity index (χ1v) is 6.82. The number of aromatic amines is 1. The molecule has 1 aliphatic heterocycles. The van der Waals surface area contributed by atoms with E-state index in [2.05, 4.69) is 20.3 Å². The maximum absolute atomic E-state index is 12.3. The number of benzene rings is 1. The van der Waals surface area contributed by atoms with Crippen molar-refractivity contribution in [1.29, 1.82) is 0 Å². The van der Waals surface area contributed by atoms with Crippen LogP contribution < -0.4 is 5.32 Å². The summed E-state index contributed by atoms with van der Waals surface area (Å²) in [5.41, 5.74) is 3.08. The number of amides is 1. The minimum absolute atomic E-state index is 0.311. The van der Waals surface area contributed by atoms with Crippen molar-refractivity contribution in [2.75, 3.05) is 19.0 Å². The van der Waals surface area contributed by atoms with E-state index in [0.717, 1.165) is 17.7 Å². The molecule has 0 aliphatic carbocycles. The van der Waals surface area contributed by atoms with E-state index in [9.17, 15) is 9.59 Å². The number of anilines is 1. The van der Waals surface area contributed by atoms with E-state index >= 15 is 0 Å². The Kier molecular flexibility index (Phi) is 3.88. The third-order valence-electron chi connectivity index (χ3n) is 3.47. The quantitative estimate of drug-likeness (QED) is 0.838. The molecule has 0 fully saturated rings. The second-order valence-electron chi connectivity index (χ2n) is 4.85. The van der Waals surface area contributed by atoms with Crippen LogP contribution in [0.2, 0.25) is 0 Å². The number of nitrogens with zero attached hydrogens (tertiary/aromatic N) is 1. The highest BCUT2D eigenvalue weighted by Crippen LogP contribution is 2.19. The fraction of sp³-hybridized carbons (Fsp3) is 0.267. The molecule has 0 atom stereocenters. The zero-order valence-corrected chi connectivity index (χ0v) is 12.0. The number of nitrogens with one attached hydrogen (secondary N) is 2. The van der Waals surface area contributed by atoms with Crippen LogP contribution in [0, 0.1) is 0 Å². The lowest BCUT2D eigenvalue weighted by Crippen LogP contribution is -2.17. The van der Waals surface area contributed by atoms with Crippen LogP contribution in [0.4, 0.5) is 5.69 Å². The highest BCUT2D eigenvalue weighted by atomic mass is 16.5. The number of hydrogen-bond acceptors (Lipinski definition) is 5. The summed E-state index contributed by atoms with van der Waals surface area (Å²) in [6.45, 7) is 1.01. The summed E-state index contributed by atoms with van der Waals surface area (Å²) in [5, 5.41) is 9.68. The van der Waals surface area contributed by atoms with Crippen LogP contribution in [-0.2, 0) is 22.5 Å². The number of methoxy groups -OCH3 is 1. The molecule has 0 spiro atoms. The van der Waals surface area contributed by atoms with E-state index in [-0.39, 0.29) is 5.91 Å². The number of esters is 1. The Morgan fingerprint density at radius 2 is 2.09 bits per heavy atom. The fourth-order valence-electron chi connectivity index (χ4n) is 2.30. The molecule has 0 saturated heterocycles. The molecule has 22 heavy (non-hydrogen) atoms. The fourth-order valence-corrected chi connectivity index (χ4v) is 2.30. The molecule has 2 N–H and O–H groups in total. The minimum atomic E-state index is -0.420. The van der Waals surface area contributed by atoms with Gasteiger partial charge in [-0.1, -0.05) is 0 Å². The Morgan fingerprint density at radius 3 is 2.82 bits per heavy atom. The summed E-state index contributed by atoms with van der Waals surface area (Å²) in [7, 11) is 1.32. The van der Waals surface area contributed by atoms with Gasteiger partial charge >= 0.3 is 5.97 Å². The van der Waals surface area contributed by atoms with E-state index < -0.39 is 5.97 Å². The van der Waals surface area contributed by atoms with Gasteiger partial charge in [-0.25, -0.2) is 4.79 Å². The van der Waals surface area contributed by atoms with Gasteiger partial charge < -0.3 is 14.8 Å². The molecular formula is C15H15N3O4. The van der Waals surface area contributed by atoms with Gasteiger partial charge in [0.05, 0.1) is 25.9 Å². The first kappa shape index (κ1) is 14.3. The average Bonchev–Trinajstić information content (AvgIpc) is 2.99. The molecule has 1 aliphatic rings. The predicted octanol–water partition coefficient (Wildman–Crippen LogP) is 1.52. The van der Waals surface area contributed by atoms with Crippen molar-refractivity contribution in [1.82, 2.24) is 10.2 Å². The SMILES string of the molecule is COC(=O)c1ccc(NC(=O)c2n[nH]c3c2COCC3)cc1. The van der Waals surface area contributed by atoms with Gasteiger partial charge in [-0.2, -0.15) is 5.10 Å². The van der Waals surface area contributed by atoms with Crippen molar-refractivity contribution in [3.63, 3.8) is 0 Å². The van der Waals surface area contributed by atoms with Crippen LogP contribution in [0.25, 0.3) is 0 Å². The van der Waals surface area contributed by atoms with Crippen molar-refractivity contribution in [2.45, 2.75) is 13.0 Å². The molecule has 1 aromatic carbocycles. The largest absolute Gasteiger partial charge is 0.465 e. The Balaban J connectivity index is 1.74. The van der Waals surface area contributed by atoms with Crippen molar-refractivity contribution in [3.05, 3.63) is 46.8 Å². The number of carbonyl (C=O) groups excluding carboxylic acids is 2. The molecule has 1 aromatic heterocycles. The molecular weight excluding hydrogens is 286 g/mol. The number of hydrogen-bond donors (Lipinski definition) is 2. The molecule has 114 valence electrons. The maximum atomic E-state index is 12.3. The van der Waals surface area contributed by atoms with E-state index in [0.29, 0.717) is 30.2 Å². The summed E-state index contributed by atoms with van der Waals surface area (Å²) in [6, 6.07) is 6.45. The van der Waals surface area contributed by atoms with Gasteiger partial charge in [-0.15, -0.1) is 0 Å². The number of fused-ring (bicyclic) bond motifs is 1. The second-order valence-corrected chi connectivity index (χ2v) is 4.85. The number of aromatic nitrogens is 2. The van der Waals surface area contributed by atoms with Gasteiger partial charge in [0.2, 0.25) is 0 Å². The summed E-state index contributed by atoms with van der Waals surface area (Å²) >= 11 is 0. The third kappa shape index (κ3) is 2.71. The molecule has 7 nitrogen and oxygen atoms in total. The van der Waals surface area contributed by atoms with Crippen LogP contribution in [0.3, 0.4) is 0 Å². The second kappa shape index (κ2) is 5.98. The predicted molar refractivity (Wildman–Crippen MR) is 77.7 cm³/mol. The molecule has 3 rings (SSSR count). The minimum Gasteiger partial charge on any atom is -0.465 e. The molecule has 0 unspecified atom stereocenters. The van der Waals surface area contributed by atoms with Crippen molar-refractivity contribution in [3.8, 4) is 0 Å². The summed E-state index contributed by atoms with van der Waals surface area (Å²) in [4.78, 5) is 23.6. The molecule has 7 heteroatoms. The van der Waals surface area contributed by atoms with Crippen LogP contribution >= 0.6 is 0 Å². The number of ether oxygens (including phenoxy) is 2. The summed E-state index contributed by atoms with van der Waals surface area (Å²) < 4.78 is 9.98. The number of H-pyrrole nitrogens is 1. The highest BCUT2D eigenvalue weighted by molar-refractivity contribution is 6.04. The zero-order chi connectivity index (χ0) is 15.5. The summed E-state index contributed by atoms with van der Waals surface area (Å²) in [5.74, 6) is -0.731. The van der Waals surface area contributed by atoms with Crippen molar-refractivity contribution < 1.29 is 19.1 Å². The molecule has 2 aromatic rings. The van der Waals surface area contributed by atoms with Crippen LogP contribution in [0.1, 0.15) is 32.1 Å². The van der Waals surface area contributed by atoms with Crippen LogP contribution in [0.15, 0.2) is 24.3 Å². The molecule has 2 heterocycles. The van der Waals surface area contributed by atoms with Crippen LogP contribution in [-0.4, -0.2) is 35.8 Å². The average molecular weight is 301 g/mol. The standard InChI is InChI=1S/C15H15N3O4/c1-21-15(20)9-2-4-10(5-3-9)16-14(19)13-11-8-22-7-6-12(11)17-18-13/h2-5H,6-8H2,1H3,(H,16,19)(H,17,18). The van der Waals surface area contributed by atoms with Gasteiger partial charge in [-0.3, -0.25) is 9.89 Å². The van der Waals surface area contributed by atoms with Gasteiger partial charge in [0, 0.05) is 23.4 Å². The number of rotatable bonds is 3. The van der Waals surface area contributed by atoms with Crippen molar-refractivity contribution >= 4 is 17.6 Å². The Bertz CT molecular complexity index is 706. The molecule has 1 amide bonds. The summed E-state index contributed by atoms with van der Waals surface area (Å²) in [6.07, 6.45) is 0.726. The highest BCUT2D eigenvalue weighted by Gasteiger charge is 2.22. The normalized spacial score (nSPS) is 13.3. The van der Waals surface area contributed by atoms with Gasteiger partial charge in [0.25, 0.3) is 5.91 Å². The first-order valence-electron chi connectivity index (χ1n) is 6.82. The van der Waals surface area contributed by atoms with Crippen LogP contribution in [0.5, 0.6) is 0 Å². The first-order chi connectivity index (χ1) is 10.7. The van der Waals surface area contributed by atoms with E-state index in [1.807, 2.05) is 0 Å². The van der Waals surface area contributed by atoms with Gasteiger partial charge in [0.15, 0.2) is 5.69 Å². The maximum Gasteiger partial charge on any atom is 0.337 e. The smallest absolute Gasteiger partial charge is 0.337 e. The lowest BCUT2D eigenvalue weighted by Gasteiger charge is -2.12. The third-order valence-corrected chi connectivity index (χ3v) is 3.47.